The Morgan fingerprint density at radius 3 is 1.93 bits per heavy atom. The topological polar surface area (TPSA) is 26.2 Å². The van der Waals surface area contributed by atoms with Gasteiger partial charge < -0.3 is 18.5 Å². The van der Waals surface area contributed by atoms with Crippen LogP contribution in [0.3, 0.4) is 0 Å². The maximum absolute atomic E-state index is 6.64. The second kappa shape index (κ2) is 14.7. The van der Waals surface area contributed by atoms with E-state index in [0.29, 0.717) is 0 Å². The number of rotatable bonds is 5. The van der Waals surface area contributed by atoms with Gasteiger partial charge in [0.05, 0.1) is 44.8 Å². The van der Waals surface area contributed by atoms with Crippen LogP contribution >= 0.6 is 27.3 Å². The molecular weight excluding hydrogens is 915 g/mol. The first-order valence-corrected chi connectivity index (χ1v) is 25.6. The van der Waals surface area contributed by atoms with Gasteiger partial charge in [-0.25, -0.2) is 0 Å². The van der Waals surface area contributed by atoms with E-state index in [-0.39, 0.29) is 16.2 Å². The quantitative estimate of drug-likeness (QED) is 0.172. The number of nitrogens with zero attached hydrogens (tertiary/aromatic N) is 3. The highest BCUT2D eigenvalue weighted by molar-refractivity contribution is 9.10. The van der Waals surface area contributed by atoms with Crippen LogP contribution in [-0.2, 0) is 16.2 Å². The molecule has 0 saturated heterocycles. The summed E-state index contributed by atoms with van der Waals surface area (Å²) in [5.41, 5.74) is 16.2. The second-order valence-corrected chi connectivity index (χ2v) is 23.2. The number of thiophene rings is 1. The Labute approximate surface area is 409 Å². The lowest BCUT2D eigenvalue weighted by Gasteiger charge is -2.42. The number of fused-ring (bicyclic) bond motifs is 11. The predicted octanol–water partition coefficient (Wildman–Crippen LogP) is 18.9. The second-order valence-electron chi connectivity index (χ2n) is 21.4. The van der Waals surface area contributed by atoms with Crippen LogP contribution in [0.25, 0.3) is 87.0 Å². The van der Waals surface area contributed by atoms with Gasteiger partial charge in [0.1, 0.15) is 11.2 Å². The first-order valence-electron chi connectivity index (χ1n) is 23.9. The van der Waals surface area contributed by atoms with Crippen molar-refractivity contribution in [3.8, 4) is 11.4 Å². The minimum atomic E-state index is -0.0154. The van der Waals surface area contributed by atoms with Gasteiger partial charge in [0, 0.05) is 64.0 Å². The number of halogens is 1. The molecule has 0 spiro atoms. The van der Waals surface area contributed by atoms with Crippen LogP contribution < -0.4 is 4.90 Å². The summed E-state index contributed by atoms with van der Waals surface area (Å²) in [6, 6.07) is 58.9. The van der Waals surface area contributed by atoms with E-state index in [4.69, 9.17) is 4.42 Å². The normalized spacial score (nSPS) is 14.9. The fraction of sp³-hybridized carbons (Fsp3) is 0.194. The van der Waals surface area contributed by atoms with Crippen molar-refractivity contribution in [3.05, 3.63) is 184 Å². The van der Waals surface area contributed by atoms with Gasteiger partial charge in [-0.05, 0) is 135 Å². The van der Waals surface area contributed by atoms with Gasteiger partial charge in [-0.15, -0.1) is 11.3 Å². The van der Waals surface area contributed by atoms with Gasteiger partial charge in [-0.2, -0.15) is 0 Å². The number of hydrogen-bond acceptors (Lipinski definition) is 3. The molecular formula is C62H52BrN3OS. The summed E-state index contributed by atoms with van der Waals surface area (Å²) in [5, 5.41) is 10.7. The summed E-state index contributed by atoms with van der Waals surface area (Å²) >= 11 is 5.92. The van der Waals surface area contributed by atoms with E-state index in [0.717, 1.165) is 66.6 Å². The smallest absolute Gasteiger partial charge is 0.137 e. The minimum absolute atomic E-state index is 0.0154. The molecule has 0 unspecified atom stereocenters. The summed E-state index contributed by atoms with van der Waals surface area (Å²) in [6.45, 7) is 16.7. The molecule has 0 N–H and O–H groups in total. The van der Waals surface area contributed by atoms with Crippen LogP contribution in [0.5, 0.6) is 0 Å². The molecule has 334 valence electrons. The molecule has 13 rings (SSSR count). The number of furan rings is 1. The SMILES string of the molecule is CC(C)(C)c1ccc2scc(N(c3cc(-n4c5ccccc5c5ccccc54)cc(-n4c5cc6oc7ccccc7c6cc5c5cccc(Br)c54)c3)c3ccc4c(c3)C(C)(C)CCC4(C)C)c2c1. The van der Waals surface area contributed by atoms with E-state index >= 15 is 0 Å². The van der Waals surface area contributed by atoms with E-state index in [1.165, 1.54) is 71.5 Å². The minimum Gasteiger partial charge on any atom is -0.456 e. The summed E-state index contributed by atoms with van der Waals surface area (Å²) < 4.78 is 13.9. The van der Waals surface area contributed by atoms with Crippen LogP contribution in [0.2, 0.25) is 0 Å². The first kappa shape index (κ1) is 41.6. The molecule has 4 nitrogen and oxygen atoms in total. The maximum Gasteiger partial charge on any atom is 0.137 e. The molecule has 12 aromatic rings. The molecule has 0 saturated carbocycles. The Bertz CT molecular complexity index is 4000. The van der Waals surface area contributed by atoms with Crippen molar-refractivity contribution in [1.29, 1.82) is 0 Å². The summed E-state index contributed by atoms with van der Waals surface area (Å²) in [7, 11) is 0. The third-order valence-electron chi connectivity index (χ3n) is 15.2. The fourth-order valence-corrected chi connectivity index (χ4v) is 12.9. The molecule has 4 aromatic heterocycles. The number of para-hydroxylation sites is 4. The zero-order valence-corrected chi connectivity index (χ0v) is 41.9. The molecule has 0 aliphatic heterocycles. The van der Waals surface area contributed by atoms with Crippen LogP contribution in [0, 0.1) is 0 Å². The zero-order valence-electron chi connectivity index (χ0n) is 39.5. The summed E-state index contributed by atoms with van der Waals surface area (Å²) in [5.74, 6) is 0. The highest BCUT2D eigenvalue weighted by atomic mass is 79.9. The van der Waals surface area contributed by atoms with Gasteiger partial charge >= 0.3 is 0 Å². The van der Waals surface area contributed by atoms with Crippen molar-refractivity contribution in [2.45, 2.75) is 77.6 Å². The number of hydrogen-bond donors (Lipinski definition) is 0. The Balaban J connectivity index is 1.17. The third kappa shape index (κ3) is 6.22. The van der Waals surface area contributed by atoms with Crippen molar-refractivity contribution < 1.29 is 4.42 Å². The van der Waals surface area contributed by atoms with Gasteiger partial charge in [0.25, 0.3) is 0 Å². The van der Waals surface area contributed by atoms with Crippen LogP contribution in [0.15, 0.2) is 172 Å². The maximum atomic E-state index is 6.64. The molecule has 1 aliphatic carbocycles. The molecule has 8 aromatic carbocycles. The monoisotopic (exact) mass is 965 g/mol. The largest absolute Gasteiger partial charge is 0.456 e. The highest BCUT2D eigenvalue weighted by Gasteiger charge is 2.38. The highest BCUT2D eigenvalue weighted by Crippen LogP contribution is 2.51. The van der Waals surface area contributed by atoms with Gasteiger partial charge in [0.15, 0.2) is 0 Å². The van der Waals surface area contributed by atoms with E-state index < -0.39 is 0 Å². The molecule has 0 fully saturated rings. The van der Waals surface area contributed by atoms with Crippen LogP contribution in [0.4, 0.5) is 17.1 Å². The molecule has 0 radical (unpaired) electrons. The van der Waals surface area contributed by atoms with E-state index in [9.17, 15) is 0 Å². The van der Waals surface area contributed by atoms with Crippen molar-refractivity contribution in [2.24, 2.45) is 0 Å². The summed E-state index contributed by atoms with van der Waals surface area (Å²) in [4.78, 5) is 2.56. The Morgan fingerprint density at radius 1 is 0.529 bits per heavy atom. The van der Waals surface area contributed by atoms with Crippen molar-refractivity contribution in [1.82, 2.24) is 9.13 Å². The Morgan fingerprint density at radius 2 is 1.19 bits per heavy atom. The van der Waals surface area contributed by atoms with Crippen molar-refractivity contribution in [2.75, 3.05) is 4.90 Å². The first-order chi connectivity index (χ1) is 32.7. The number of aromatic nitrogens is 2. The molecule has 4 heterocycles. The average Bonchev–Trinajstić information content (AvgIpc) is 4.09. The van der Waals surface area contributed by atoms with E-state index in [1.54, 1.807) is 0 Å². The molecule has 1 aliphatic rings. The van der Waals surface area contributed by atoms with Crippen molar-refractivity contribution >= 4 is 120 Å². The Hall–Kier alpha value is -6.60. The molecule has 68 heavy (non-hydrogen) atoms. The zero-order chi connectivity index (χ0) is 46.4. The van der Waals surface area contributed by atoms with Gasteiger partial charge in [-0.1, -0.05) is 127 Å². The molecule has 6 heteroatoms. The lowest BCUT2D eigenvalue weighted by molar-refractivity contribution is 0.332. The van der Waals surface area contributed by atoms with E-state index in [1.807, 2.05) is 11.3 Å². The van der Waals surface area contributed by atoms with Gasteiger partial charge in [0.2, 0.25) is 0 Å². The standard InChI is InChI=1S/C62H52BrN3OS/c1-60(2,3)37-23-26-58-48(29-37)55(36-68-58)64(38-24-25-49-50(33-38)62(6,7)28-27-61(49,4)5)39-30-40(65-52-20-11-8-15-42(52)43-16-9-12-21-53(43)65)32-41(31-39)66-54-35-57-47(44-17-10-13-22-56(44)67-57)34-46(54)45-18-14-19-51(63)59(45)66/h8-26,29-36H,27-28H2,1-7H3. The predicted molar refractivity (Wildman–Crippen MR) is 294 cm³/mol. The lowest BCUT2D eigenvalue weighted by Crippen LogP contribution is -2.34. The fourth-order valence-electron chi connectivity index (χ4n) is 11.5. The van der Waals surface area contributed by atoms with E-state index in [2.05, 4.69) is 242 Å². The number of anilines is 3. The van der Waals surface area contributed by atoms with Crippen molar-refractivity contribution in [3.63, 3.8) is 0 Å². The third-order valence-corrected chi connectivity index (χ3v) is 16.8. The summed E-state index contributed by atoms with van der Waals surface area (Å²) in [6.07, 6.45) is 2.31. The van der Waals surface area contributed by atoms with Crippen LogP contribution in [-0.4, -0.2) is 9.13 Å². The number of benzene rings is 8. The Kier molecular flexibility index (Phi) is 8.99. The molecule has 0 bridgehead atoms. The average molecular weight is 967 g/mol. The lowest BCUT2D eigenvalue weighted by atomic mass is 9.63. The van der Waals surface area contributed by atoms with Gasteiger partial charge in [-0.3, -0.25) is 0 Å². The molecule has 0 amide bonds. The van der Waals surface area contributed by atoms with Crippen LogP contribution in [0.1, 0.15) is 78.0 Å². The molecule has 0 atom stereocenters.